The summed E-state index contributed by atoms with van der Waals surface area (Å²) in [6.07, 6.45) is 1.28. The lowest BCUT2D eigenvalue weighted by molar-refractivity contribution is -0.485. The van der Waals surface area contributed by atoms with Crippen molar-refractivity contribution in [1.82, 2.24) is 5.32 Å². The van der Waals surface area contributed by atoms with Crippen LogP contribution < -0.4 is 16.8 Å². The Balaban J connectivity index is 0. The largest absolute Gasteiger partial charge is 0.395 e. The highest BCUT2D eigenvalue weighted by molar-refractivity contribution is 5.85. The molecule has 6 N–H and O–H groups in total. The maximum Gasteiger partial charge on any atom is 0.266 e. The van der Waals surface area contributed by atoms with E-state index in [0.29, 0.717) is 19.4 Å². The summed E-state index contributed by atoms with van der Waals surface area (Å²) in [6.45, 7) is 0.370. The fourth-order valence-electron chi connectivity index (χ4n) is 0.795. The molecule has 90 valence electrons. The molecular weight excluding hydrogens is 226 g/mol. The van der Waals surface area contributed by atoms with E-state index in [4.69, 9.17) is 16.6 Å². The predicted octanol–water partition coefficient (Wildman–Crippen LogP) is -1.40. The zero-order valence-corrected chi connectivity index (χ0v) is 8.94. The van der Waals surface area contributed by atoms with Crippen molar-refractivity contribution in [2.24, 2.45) is 16.6 Å². The van der Waals surface area contributed by atoms with Gasteiger partial charge in [0.25, 0.3) is 5.96 Å². The van der Waals surface area contributed by atoms with Crippen LogP contribution in [0.2, 0.25) is 0 Å². The van der Waals surface area contributed by atoms with Crippen molar-refractivity contribution in [2.45, 2.75) is 18.9 Å². The molecule has 0 aliphatic rings. The predicted molar refractivity (Wildman–Crippen MR) is 58.2 cm³/mol. The molecule has 1 atom stereocenters. The zero-order chi connectivity index (χ0) is 11.0. The molecule has 0 heterocycles. The number of aliphatic hydroxyl groups is 1. The number of nitrogens with two attached hydrogens (primary N) is 2. The van der Waals surface area contributed by atoms with Crippen LogP contribution in [0.15, 0.2) is 5.10 Å². The maximum atomic E-state index is 9.84. The summed E-state index contributed by atoms with van der Waals surface area (Å²) in [7, 11) is 0. The quantitative estimate of drug-likeness (QED) is 0.148. The Labute approximate surface area is 93.3 Å². The number of guanidine groups is 1. The van der Waals surface area contributed by atoms with Gasteiger partial charge in [0.05, 0.1) is 6.61 Å². The lowest BCUT2D eigenvalue weighted by Crippen LogP contribution is -2.34. The second-order valence-electron chi connectivity index (χ2n) is 2.73. The Morgan fingerprint density at radius 2 is 2.27 bits per heavy atom. The number of aliphatic hydroxyl groups excluding tert-OH is 1. The van der Waals surface area contributed by atoms with Crippen LogP contribution in [-0.4, -0.2) is 35.3 Å². The molecule has 0 saturated heterocycles. The molecule has 0 aliphatic carbocycles. The van der Waals surface area contributed by atoms with Gasteiger partial charge in [-0.2, -0.15) is 0 Å². The number of nitrogens with zero attached hydrogens (tertiary/aromatic N) is 2. The van der Waals surface area contributed by atoms with Gasteiger partial charge in [-0.05, 0) is 12.8 Å². The van der Waals surface area contributed by atoms with E-state index in [1.807, 2.05) is 0 Å². The van der Waals surface area contributed by atoms with Gasteiger partial charge in [-0.25, -0.2) is 10.1 Å². The van der Waals surface area contributed by atoms with Crippen LogP contribution in [0.5, 0.6) is 0 Å². The van der Waals surface area contributed by atoms with Crippen LogP contribution in [0.3, 0.4) is 0 Å². The summed E-state index contributed by atoms with van der Waals surface area (Å²) >= 11 is 0. The second-order valence-corrected chi connectivity index (χ2v) is 2.73. The minimum Gasteiger partial charge on any atom is -0.395 e. The van der Waals surface area contributed by atoms with Crippen LogP contribution in [0, 0.1) is 10.1 Å². The van der Waals surface area contributed by atoms with E-state index in [1.165, 1.54) is 0 Å². The molecule has 15 heavy (non-hydrogen) atoms. The van der Waals surface area contributed by atoms with E-state index in [0.717, 1.165) is 0 Å². The molecule has 0 aromatic rings. The van der Waals surface area contributed by atoms with Crippen molar-refractivity contribution in [3.63, 3.8) is 0 Å². The molecule has 0 rings (SSSR count). The highest BCUT2D eigenvalue weighted by Crippen LogP contribution is 1.91. The van der Waals surface area contributed by atoms with Gasteiger partial charge in [0.1, 0.15) is 5.10 Å². The molecule has 0 unspecified atom stereocenters. The van der Waals surface area contributed by atoms with Crippen molar-refractivity contribution < 1.29 is 10.1 Å². The minimum atomic E-state index is -0.873. The highest BCUT2D eigenvalue weighted by Gasteiger charge is 2.01. The molecule has 0 spiro atoms. The summed E-state index contributed by atoms with van der Waals surface area (Å²) in [5.74, 6) is -0.229. The molecule has 0 bridgehead atoms. The smallest absolute Gasteiger partial charge is 0.266 e. The number of nitro groups is 1. The van der Waals surface area contributed by atoms with Crippen molar-refractivity contribution >= 4 is 18.4 Å². The van der Waals surface area contributed by atoms with Crippen LogP contribution in [0.1, 0.15) is 12.8 Å². The van der Waals surface area contributed by atoms with E-state index in [-0.39, 0.29) is 31.0 Å². The van der Waals surface area contributed by atoms with Gasteiger partial charge in [0, 0.05) is 12.6 Å². The summed E-state index contributed by atoms with van der Waals surface area (Å²) in [5, 5.41) is 22.9. The molecule has 0 aliphatic heterocycles. The van der Waals surface area contributed by atoms with E-state index in [9.17, 15) is 10.1 Å². The number of nitrogens with one attached hydrogen (secondary N) is 1. The molecule has 9 heteroatoms. The highest BCUT2D eigenvalue weighted by atomic mass is 35.5. The van der Waals surface area contributed by atoms with Crippen LogP contribution in [0.4, 0.5) is 0 Å². The molecule has 0 radical (unpaired) electrons. The van der Waals surface area contributed by atoms with Gasteiger partial charge in [0.2, 0.25) is 0 Å². The summed E-state index contributed by atoms with van der Waals surface area (Å²) < 4.78 is 0. The van der Waals surface area contributed by atoms with Gasteiger partial charge in [-0.15, -0.1) is 12.4 Å². The lowest BCUT2D eigenvalue weighted by atomic mass is 10.2. The van der Waals surface area contributed by atoms with Crippen molar-refractivity contribution in [3.05, 3.63) is 10.1 Å². The third-order valence-electron chi connectivity index (χ3n) is 1.48. The fraction of sp³-hybridized carbons (Fsp3) is 0.833. The first-order valence-electron chi connectivity index (χ1n) is 4.15. The average Bonchev–Trinajstić information content (AvgIpc) is 2.10. The standard InChI is InChI=1S/C6H15N5O3.ClH/c7-5(4-12)2-1-3-9-6(8)10-11(13)14;/h5,12H,1-4,7H2,(H3,8,9,10);1H/t5-;/m0./s1. The maximum absolute atomic E-state index is 9.84. The number of hydrazone groups is 1. The third kappa shape index (κ3) is 10.8. The normalized spacial score (nSPS) is 12.8. The van der Waals surface area contributed by atoms with E-state index in [1.54, 1.807) is 0 Å². The number of rotatable bonds is 6. The summed E-state index contributed by atoms with van der Waals surface area (Å²) in [5.41, 5.74) is 10.6. The summed E-state index contributed by atoms with van der Waals surface area (Å²) in [6, 6.07) is -0.259. The number of halogens is 1. The van der Waals surface area contributed by atoms with Gasteiger partial charge in [-0.1, -0.05) is 0 Å². The van der Waals surface area contributed by atoms with E-state index in [2.05, 4.69) is 10.4 Å². The van der Waals surface area contributed by atoms with Crippen LogP contribution in [-0.2, 0) is 0 Å². The SMILES string of the molecule is Cl.N/C(=N/[N+](=O)[O-])NCCC[C@H](N)CO. The lowest BCUT2D eigenvalue weighted by Gasteiger charge is -2.07. The molecule has 0 aromatic carbocycles. The van der Waals surface area contributed by atoms with Gasteiger partial charge >= 0.3 is 0 Å². The Kier molecular flexibility index (Phi) is 10.3. The number of hydrogen-bond donors (Lipinski definition) is 4. The zero-order valence-electron chi connectivity index (χ0n) is 8.13. The van der Waals surface area contributed by atoms with Crippen LogP contribution >= 0.6 is 12.4 Å². The Morgan fingerprint density at radius 3 is 2.73 bits per heavy atom. The van der Waals surface area contributed by atoms with Gasteiger partial charge < -0.3 is 21.9 Å². The average molecular weight is 242 g/mol. The second kappa shape index (κ2) is 9.44. The summed E-state index contributed by atoms with van der Waals surface area (Å²) in [4.78, 5) is 9.84. The third-order valence-corrected chi connectivity index (χ3v) is 1.48. The monoisotopic (exact) mass is 241 g/mol. The first kappa shape index (κ1) is 16.3. The molecule has 0 amide bonds. The van der Waals surface area contributed by atoms with Gasteiger partial charge in [-0.3, -0.25) is 0 Å². The Hall–Kier alpha value is -1.12. The molecule has 0 aromatic heterocycles. The fourth-order valence-corrected chi connectivity index (χ4v) is 0.795. The van der Waals surface area contributed by atoms with Crippen molar-refractivity contribution in [3.8, 4) is 0 Å². The minimum absolute atomic E-state index is 0. The molecule has 0 fully saturated rings. The first-order valence-corrected chi connectivity index (χ1v) is 4.15. The Bertz CT molecular complexity index is 213. The Morgan fingerprint density at radius 1 is 1.67 bits per heavy atom. The van der Waals surface area contributed by atoms with Crippen molar-refractivity contribution in [2.75, 3.05) is 13.2 Å². The number of hydrogen-bond acceptors (Lipinski definition) is 4. The molecular formula is C6H16ClN5O3. The topological polar surface area (TPSA) is 140 Å². The molecule has 8 nitrogen and oxygen atoms in total. The van der Waals surface area contributed by atoms with E-state index >= 15 is 0 Å². The van der Waals surface area contributed by atoms with E-state index < -0.39 is 5.03 Å². The van der Waals surface area contributed by atoms with Crippen molar-refractivity contribution in [1.29, 1.82) is 0 Å². The van der Waals surface area contributed by atoms with Crippen LogP contribution in [0.25, 0.3) is 0 Å². The molecule has 0 saturated carbocycles. The first-order chi connectivity index (χ1) is 6.56. The van der Waals surface area contributed by atoms with Gasteiger partial charge in [0.15, 0.2) is 5.03 Å².